The molecule has 9 nitrogen and oxygen atoms in total. The Morgan fingerprint density at radius 1 is 0.921 bits per heavy atom. The first kappa shape index (κ1) is 29.1. The standard InChI is InChI=1S/C29H39NO8/c1-7-14-37-28-19(10-9-13-30(32)27(31)8-2)15-20(16-24(28)33-3)22-11-12-23(38-22)21-17-25(34-4)29(36-6)26(18-21)35-5/h9,13,15-18,22-23,32H,7-8,10-12,14H2,1-6H3/b13-9+. The molecule has 0 aromatic heterocycles. The van der Waals surface area contributed by atoms with E-state index >= 15 is 0 Å². The van der Waals surface area contributed by atoms with Gasteiger partial charge in [0, 0.05) is 18.2 Å². The van der Waals surface area contributed by atoms with Crippen molar-refractivity contribution < 1.29 is 38.4 Å². The van der Waals surface area contributed by atoms with Crippen LogP contribution in [-0.4, -0.2) is 51.2 Å². The Labute approximate surface area is 224 Å². The number of carbonyl (C=O) groups excluding carboxylic acids is 1. The van der Waals surface area contributed by atoms with E-state index in [-0.39, 0.29) is 24.5 Å². The fourth-order valence-electron chi connectivity index (χ4n) is 4.48. The number of hydrogen-bond acceptors (Lipinski definition) is 8. The maximum absolute atomic E-state index is 11.7. The van der Waals surface area contributed by atoms with Gasteiger partial charge in [0.25, 0.3) is 0 Å². The van der Waals surface area contributed by atoms with Gasteiger partial charge in [-0.05, 0) is 61.1 Å². The Morgan fingerprint density at radius 2 is 1.47 bits per heavy atom. The third-order valence-electron chi connectivity index (χ3n) is 6.42. The molecule has 3 rings (SSSR count). The highest BCUT2D eigenvalue weighted by molar-refractivity contribution is 5.75. The zero-order valence-corrected chi connectivity index (χ0v) is 23.1. The normalized spacial score (nSPS) is 16.9. The summed E-state index contributed by atoms with van der Waals surface area (Å²) >= 11 is 0. The van der Waals surface area contributed by atoms with E-state index in [1.165, 1.54) is 6.20 Å². The minimum absolute atomic E-state index is 0.151. The number of ether oxygens (including phenoxy) is 6. The van der Waals surface area contributed by atoms with Gasteiger partial charge in [-0.15, -0.1) is 0 Å². The van der Waals surface area contributed by atoms with E-state index in [4.69, 9.17) is 28.4 Å². The van der Waals surface area contributed by atoms with E-state index in [9.17, 15) is 10.0 Å². The lowest BCUT2D eigenvalue weighted by atomic mass is 9.99. The molecular formula is C29H39NO8. The monoisotopic (exact) mass is 529 g/mol. The molecular weight excluding hydrogens is 490 g/mol. The lowest BCUT2D eigenvalue weighted by molar-refractivity contribution is -0.153. The Balaban J connectivity index is 1.89. The van der Waals surface area contributed by atoms with Crippen molar-refractivity contribution in [2.24, 2.45) is 0 Å². The molecule has 2 unspecified atom stereocenters. The van der Waals surface area contributed by atoms with E-state index in [1.54, 1.807) is 41.4 Å². The number of allylic oxidation sites excluding steroid dienone is 1. The third kappa shape index (κ3) is 6.71. The number of carbonyl (C=O) groups is 1. The van der Waals surface area contributed by atoms with Crippen LogP contribution >= 0.6 is 0 Å². The number of benzene rings is 2. The summed E-state index contributed by atoms with van der Waals surface area (Å²) in [6, 6.07) is 7.85. The second-order valence-electron chi connectivity index (χ2n) is 8.89. The Morgan fingerprint density at radius 3 is 1.97 bits per heavy atom. The predicted octanol–water partition coefficient (Wildman–Crippen LogP) is 5.79. The molecule has 2 aromatic rings. The summed E-state index contributed by atoms with van der Waals surface area (Å²) in [6.45, 7) is 4.27. The third-order valence-corrected chi connectivity index (χ3v) is 6.42. The van der Waals surface area contributed by atoms with Crippen LogP contribution in [0.15, 0.2) is 36.5 Å². The molecule has 1 aliphatic rings. The van der Waals surface area contributed by atoms with Crippen LogP contribution in [-0.2, 0) is 16.0 Å². The molecule has 0 aliphatic carbocycles. The molecule has 0 saturated carbocycles. The largest absolute Gasteiger partial charge is 0.493 e. The lowest BCUT2D eigenvalue weighted by Gasteiger charge is -2.20. The van der Waals surface area contributed by atoms with Crippen LogP contribution in [0.4, 0.5) is 0 Å². The second kappa shape index (κ2) is 13.9. The van der Waals surface area contributed by atoms with Crippen LogP contribution in [0.5, 0.6) is 28.7 Å². The van der Waals surface area contributed by atoms with Gasteiger partial charge in [-0.1, -0.05) is 19.9 Å². The predicted molar refractivity (Wildman–Crippen MR) is 142 cm³/mol. The van der Waals surface area contributed by atoms with Gasteiger partial charge in [-0.25, -0.2) is 0 Å². The molecule has 1 heterocycles. The van der Waals surface area contributed by atoms with Gasteiger partial charge >= 0.3 is 0 Å². The van der Waals surface area contributed by atoms with Gasteiger partial charge in [-0.2, -0.15) is 5.06 Å². The van der Waals surface area contributed by atoms with Gasteiger partial charge in [0.1, 0.15) is 0 Å². The van der Waals surface area contributed by atoms with Crippen molar-refractivity contribution in [1.82, 2.24) is 5.06 Å². The summed E-state index contributed by atoms with van der Waals surface area (Å²) < 4.78 is 34.7. The van der Waals surface area contributed by atoms with Crippen molar-refractivity contribution in [1.29, 1.82) is 0 Å². The number of nitrogens with zero attached hydrogens (tertiary/aromatic N) is 1. The van der Waals surface area contributed by atoms with Crippen molar-refractivity contribution in [3.8, 4) is 28.7 Å². The van der Waals surface area contributed by atoms with E-state index in [2.05, 4.69) is 0 Å². The first-order chi connectivity index (χ1) is 18.4. The molecule has 1 N–H and O–H groups in total. The topological polar surface area (TPSA) is 95.9 Å². The van der Waals surface area contributed by atoms with Crippen molar-refractivity contribution in [2.75, 3.05) is 35.0 Å². The fraction of sp³-hybridized carbons (Fsp3) is 0.483. The molecule has 9 heteroatoms. The number of hydroxylamine groups is 2. The molecule has 0 spiro atoms. The first-order valence-corrected chi connectivity index (χ1v) is 12.9. The number of hydrogen-bond donors (Lipinski definition) is 1. The fourth-order valence-corrected chi connectivity index (χ4v) is 4.48. The second-order valence-corrected chi connectivity index (χ2v) is 8.89. The highest BCUT2D eigenvalue weighted by Crippen LogP contribution is 2.47. The van der Waals surface area contributed by atoms with E-state index in [1.807, 2.05) is 31.2 Å². The maximum atomic E-state index is 11.7. The minimum atomic E-state index is -0.382. The summed E-state index contributed by atoms with van der Waals surface area (Å²) in [5, 5.41) is 10.5. The highest BCUT2D eigenvalue weighted by atomic mass is 16.5. The van der Waals surface area contributed by atoms with E-state index in [0.717, 1.165) is 36.0 Å². The molecule has 38 heavy (non-hydrogen) atoms. The Hall–Kier alpha value is -3.43. The van der Waals surface area contributed by atoms with Gasteiger partial charge in [-0.3, -0.25) is 10.0 Å². The van der Waals surface area contributed by atoms with E-state index < -0.39 is 0 Å². The maximum Gasteiger partial charge on any atom is 0.249 e. The summed E-state index contributed by atoms with van der Waals surface area (Å²) in [4.78, 5) is 11.7. The van der Waals surface area contributed by atoms with Crippen LogP contribution in [0, 0.1) is 0 Å². The van der Waals surface area contributed by atoms with Crippen molar-refractivity contribution in [3.05, 3.63) is 53.2 Å². The molecule has 1 saturated heterocycles. The molecule has 1 aliphatic heterocycles. The molecule has 2 aromatic carbocycles. The average Bonchev–Trinajstić information content (AvgIpc) is 3.45. The number of amides is 1. The molecule has 1 amide bonds. The van der Waals surface area contributed by atoms with Gasteiger partial charge in [0.15, 0.2) is 23.0 Å². The number of methoxy groups -OCH3 is 4. The lowest BCUT2D eigenvalue weighted by Crippen LogP contribution is -2.20. The zero-order chi connectivity index (χ0) is 27.7. The van der Waals surface area contributed by atoms with E-state index in [0.29, 0.717) is 46.8 Å². The van der Waals surface area contributed by atoms with Gasteiger partial charge in [0.2, 0.25) is 11.7 Å². The summed E-state index contributed by atoms with van der Waals surface area (Å²) in [6.07, 6.45) is 5.88. The Bertz CT molecular complexity index is 1090. The summed E-state index contributed by atoms with van der Waals surface area (Å²) in [7, 11) is 6.38. The van der Waals surface area contributed by atoms with Gasteiger partial charge < -0.3 is 28.4 Å². The average molecular weight is 530 g/mol. The summed E-state index contributed by atoms with van der Waals surface area (Å²) in [5.74, 6) is 2.59. The summed E-state index contributed by atoms with van der Waals surface area (Å²) in [5.41, 5.74) is 2.79. The Kier molecular flexibility index (Phi) is 10.7. The number of rotatable bonds is 13. The van der Waals surface area contributed by atoms with Crippen molar-refractivity contribution in [3.63, 3.8) is 0 Å². The van der Waals surface area contributed by atoms with Gasteiger partial charge in [0.05, 0.1) is 47.3 Å². The SMILES string of the molecule is CCCOc1c(C/C=C/N(O)C(=O)CC)cc(C2CCC(c3cc(OC)c(OC)c(OC)c3)O2)cc1OC. The highest BCUT2D eigenvalue weighted by Gasteiger charge is 2.31. The minimum Gasteiger partial charge on any atom is -0.493 e. The molecule has 0 bridgehead atoms. The molecule has 208 valence electrons. The van der Waals surface area contributed by atoms with Crippen molar-refractivity contribution in [2.45, 2.75) is 58.2 Å². The molecule has 0 radical (unpaired) electrons. The smallest absolute Gasteiger partial charge is 0.249 e. The molecule has 1 fully saturated rings. The van der Waals surface area contributed by atoms with Crippen LogP contribution in [0.2, 0.25) is 0 Å². The van der Waals surface area contributed by atoms with Crippen LogP contribution in [0.1, 0.15) is 68.4 Å². The van der Waals surface area contributed by atoms with Crippen molar-refractivity contribution >= 4 is 5.91 Å². The molecule has 2 atom stereocenters. The zero-order valence-electron chi connectivity index (χ0n) is 23.1. The van der Waals surface area contributed by atoms with Crippen LogP contribution < -0.4 is 23.7 Å². The first-order valence-electron chi connectivity index (χ1n) is 12.9. The quantitative estimate of drug-likeness (QED) is 0.257. The van der Waals surface area contributed by atoms with Crippen LogP contribution in [0.3, 0.4) is 0 Å². The van der Waals surface area contributed by atoms with Crippen LogP contribution in [0.25, 0.3) is 0 Å².